The summed E-state index contributed by atoms with van der Waals surface area (Å²) in [5, 5.41) is 1.19. The Labute approximate surface area is 352 Å². The zero-order chi connectivity index (χ0) is 42.3. The highest BCUT2D eigenvalue weighted by Crippen LogP contribution is 2.46. The van der Waals surface area contributed by atoms with Gasteiger partial charge in [-0.15, -0.1) is 5.54 Å². The molecule has 0 N–H and O–H groups in total. The Morgan fingerprint density at radius 3 is 2.52 bits per heavy atom. The van der Waals surface area contributed by atoms with Crippen molar-refractivity contribution in [1.29, 1.82) is 0 Å². The average Bonchev–Trinajstić information content (AvgIpc) is 3.77. The predicted molar refractivity (Wildman–Crippen MR) is 229 cm³/mol. The van der Waals surface area contributed by atoms with Gasteiger partial charge in [0.2, 0.25) is 0 Å². The smallest absolute Gasteiger partial charge is 0.320 e. The highest BCUT2D eigenvalue weighted by molar-refractivity contribution is 6.90. The van der Waals surface area contributed by atoms with Crippen LogP contribution in [0.15, 0.2) is 24.3 Å². The molecule has 4 aliphatic rings. The number of methoxy groups -OCH3 is 1. The monoisotopic (exact) mass is 844 g/mol. The van der Waals surface area contributed by atoms with Crippen LogP contribution in [-0.2, 0) is 14.3 Å². The lowest BCUT2D eigenvalue weighted by atomic mass is 9.93. The number of ether oxygens (including phenoxy) is 5. The lowest BCUT2D eigenvalue weighted by molar-refractivity contribution is -0.121. The summed E-state index contributed by atoms with van der Waals surface area (Å²) in [4.78, 5) is 32.0. The number of benzene rings is 2. The van der Waals surface area contributed by atoms with Crippen molar-refractivity contribution < 1.29 is 37.3 Å². The van der Waals surface area contributed by atoms with Crippen LogP contribution in [0.4, 0.5) is 14.6 Å². The number of imidazole rings is 1. The Morgan fingerprint density at radius 2 is 1.80 bits per heavy atom. The molecule has 2 aromatic carbocycles. The number of anilines is 1. The van der Waals surface area contributed by atoms with Gasteiger partial charge in [0, 0.05) is 44.1 Å². The van der Waals surface area contributed by atoms with Gasteiger partial charge in [0.1, 0.15) is 50.3 Å². The standard InChI is InChI=1S/C45H58F2N6O6Si/c1-28(2)60(29(3)4,30(5)6)19-14-36-37(47)13-12-31-20-35(58-27-55-7)21-38(39(31)36)59-44-49-41-40(53(44)33-10-8-11-33)42(51-17-18-56-25-34(54)24-51)50-43(48-41)57-26-45-15-9-16-52(45)23-32(46)22-45/h12-13,20-21,28-30,32-33H,8-11,15-18,22-27H2,1-7H3/t32-,45+/m1/s1. The second-order valence-corrected chi connectivity index (χ2v) is 23.5. The van der Waals surface area contributed by atoms with E-state index < -0.39 is 25.6 Å². The third-order valence-corrected chi connectivity index (χ3v) is 19.7. The van der Waals surface area contributed by atoms with Crippen LogP contribution in [0.5, 0.6) is 23.5 Å². The van der Waals surface area contributed by atoms with Gasteiger partial charge in [-0.2, -0.15) is 15.0 Å². The molecule has 2 aromatic heterocycles. The van der Waals surface area contributed by atoms with Gasteiger partial charge in [0.15, 0.2) is 24.0 Å². The van der Waals surface area contributed by atoms with Gasteiger partial charge in [0.05, 0.1) is 24.3 Å². The van der Waals surface area contributed by atoms with E-state index in [1.54, 1.807) is 19.2 Å². The van der Waals surface area contributed by atoms with Gasteiger partial charge in [-0.25, -0.2) is 8.78 Å². The molecule has 8 rings (SSSR count). The molecule has 2 atom stereocenters. The van der Waals surface area contributed by atoms with Gasteiger partial charge in [-0.3, -0.25) is 14.3 Å². The largest absolute Gasteiger partial charge is 0.467 e. The van der Waals surface area contributed by atoms with Crippen LogP contribution in [-0.4, -0.2) is 110 Å². The SMILES string of the molecule is COCOc1cc(Oc2nc3nc(OC[C@@]45CCCN4C[C@H](F)C5)nc(N4CCOCC(=O)C4)c3n2C2CCC2)c2c(C#C[Si](C(C)C)(C(C)C)C(C)C)c(F)ccc2c1. The molecule has 322 valence electrons. The summed E-state index contributed by atoms with van der Waals surface area (Å²) in [5.74, 6) is 4.13. The van der Waals surface area contributed by atoms with Crippen molar-refractivity contribution in [3.63, 3.8) is 0 Å². The van der Waals surface area contributed by atoms with E-state index in [0.29, 0.717) is 82.0 Å². The van der Waals surface area contributed by atoms with Crippen LogP contribution in [0, 0.1) is 17.3 Å². The fourth-order valence-corrected chi connectivity index (χ4v) is 15.5. The van der Waals surface area contributed by atoms with Gasteiger partial charge < -0.3 is 28.6 Å². The molecule has 15 heteroatoms. The predicted octanol–water partition coefficient (Wildman–Crippen LogP) is 8.55. The van der Waals surface area contributed by atoms with E-state index >= 15 is 4.39 Å². The molecule has 1 saturated carbocycles. The van der Waals surface area contributed by atoms with Gasteiger partial charge >= 0.3 is 12.0 Å². The van der Waals surface area contributed by atoms with E-state index in [1.165, 1.54) is 6.07 Å². The highest BCUT2D eigenvalue weighted by atomic mass is 28.3. The summed E-state index contributed by atoms with van der Waals surface area (Å²) in [7, 11) is -0.712. The maximum absolute atomic E-state index is 16.3. The minimum Gasteiger partial charge on any atom is -0.467 e. The molecule has 3 aliphatic heterocycles. The Morgan fingerprint density at radius 1 is 1.02 bits per heavy atom. The number of hydrogen-bond acceptors (Lipinski definition) is 11. The number of rotatable bonds is 13. The molecular formula is C45H58F2N6O6Si. The van der Waals surface area contributed by atoms with E-state index in [1.807, 2.05) is 15.5 Å². The summed E-state index contributed by atoms with van der Waals surface area (Å²) >= 11 is 0. The summed E-state index contributed by atoms with van der Waals surface area (Å²) < 4.78 is 63.2. The molecule has 1 aliphatic carbocycles. The van der Waals surface area contributed by atoms with Gasteiger partial charge in [-0.05, 0) is 72.8 Å². The number of Topliss-reactive ketones (excluding diaryl/α,β-unsaturated/α-hetero) is 1. The number of alkyl halides is 1. The zero-order valence-corrected chi connectivity index (χ0v) is 37.0. The maximum Gasteiger partial charge on any atom is 0.320 e. The molecule has 3 saturated heterocycles. The van der Waals surface area contributed by atoms with E-state index in [4.69, 9.17) is 38.6 Å². The van der Waals surface area contributed by atoms with Crippen LogP contribution in [0.1, 0.15) is 91.7 Å². The van der Waals surface area contributed by atoms with Crippen molar-refractivity contribution in [2.24, 2.45) is 0 Å². The molecule has 5 heterocycles. The number of ketones is 1. The van der Waals surface area contributed by atoms with Crippen LogP contribution < -0.4 is 19.1 Å². The van der Waals surface area contributed by atoms with Crippen molar-refractivity contribution >= 4 is 41.6 Å². The third kappa shape index (κ3) is 7.84. The minimum absolute atomic E-state index is 0.00426. The number of carbonyl (C=O) groups excluding carboxylic acids is 1. The second-order valence-electron chi connectivity index (χ2n) is 18.0. The lowest BCUT2D eigenvalue weighted by Crippen LogP contribution is -2.43. The van der Waals surface area contributed by atoms with Crippen LogP contribution >= 0.6 is 0 Å². The molecule has 0 bridgehead atoms. The molecule has 0 amide bonds. The molecule has 12 nitrogen and oxygen atoms in total. The molecular weight excluding hydrogens is 787 g/mol. The highest BCUT2D eigenvalue weighted by Gasteiger charge is 2.49. The fourth-order valence-electron chi connectivity index (χ4n) is 10.3. The average molecular weight is 845 g/mol. The first-order valence-corrected chi connectivity index (χ1v) is 23.8. The summed E-state index contributed by atoms with van der Waals surface area (Å²) in [6.07, 6.45) is 4.03. The Balaban J connectivity index is 1.29. The Kier molecular flexibility index (Phi) is 12.1. The van der Waals surface area contributed by atoms with Crippen LogP contribution in [0.3, 0.4) is 0 Å². The number of halogens is 2. The topological polar surface area (TPSA) is 113 Å². The van der Waals surface area contributed by atoms with E-state index in [-0.39, 0.29) is 56.0 Å². The molecule has 0 spiro atoms. The maximum atomic E-state index is 16.3. The molecule has 0 unspecified atom stereocenters. The number of fused-ring (bicyclic) bond motifs is 3. The van der Waals surface area contributed by atoms with Crippen LogP contribution in [0.2, 0.25) is 16.6 Å². The van der Waals surface area contributed by atoms with Crippen molar-refractivity contribution in [2.45, 2.75) is 114 Å². The first kappa shape index (κ1) is 42.3. The van der Waals surface area contributed by atoms with Crippen molar-refractivity contribution in [3.05, 3.63) is 35.6 Å². The lowest BCUT2D eigenvalue weighted by Gasteiger charge is -2.38. The summed E-state index contributed by atoms with van der Waals surface area (Å²) in [5.41, 5.74) is 5.53. The number of carbonyl (C=O) groups is 1. The molecule has 4 fully saturated rings. The third-order valence-electron chi connectivity index (χ3n) is 13.4. The van der Waals surface area contributed by atoms with Gasteiger partial charge in [0.25, 0.3) is 0 Å². The zero-order valence-electron chi connectivity index (χ0n) is 36.0. The molecule has 60 heavy (non-hydrogen) atoms. The van der Waals surface area contributed by atoms with Crippen LogP contribution in [0.25, 0.3) is 21.9 Å². The van der Waals surface area contributed by atoms with Gasteiger partial charge in [-0.1, -0.05) is 53.5 Å². The van der Waals surface area contributed by atoms with Crippen molar-refractivity contribution in [3.8, 4) is 35.0 Å². The number of nitrogens with zero attached hydrogens (tertiary/aromatic N) is 6. The van der Waals surface area contributed by atoms with Crippen molar-refractivity contribution in [1.82, 2.24) is 24.4 Å². The first-order valence-electron chi connectivity index (χ1n) is 21.6. The molecule has 0 radical (unpaired) electrons. The normalized spacial score (nSPS) is 21.5. The molecule has 4 aromatic rings. The summed E-state index contributed by atoms with van der Waals surface area (Å²) in [6, 6.07) is 7.05. The Bertz CT molecular complexity index is 2280. The fraction of sp³-hybridized carbons (Fsp3) is 0.600. The number of aromatic nitrogens is 4. The quantitative estimate of drug-likeness (QED) is 0.0733. The first-order chi connectivity index (χ1) is 28.8. The van der Waals surface area contributed by atoms with E-state index in [0.717, 1.165) is 38.6 Å². The minimum atomic E-state index is -2.26. The second kappa shape index (κ2) is 17.2. The number of hydrogen-bond donors (Lipinski definition) is 0. The van der Waals surface area contributed by atoms with E-state index in [2.05, 4.69) is 57.9 Å². The Hall–Kier alpha value is -4.36. The van der Waals surface area contributed by atoms with E-state index in [9.17, 15) is 9.18 Å². The van der Waals surface area contributed by atoms with Crippen molar-refractivity contribution in [2.75, 3.05) is 64.8 Å². The summed E-state index contributed by atoms with van der Waals surface area (Å²) in [6.45, 7) is 15.7.